The van der Waals surface area contributed by atoms with Crippen molar-refractivity contribution in [2.24, 2.45) is 11.7 Å². The Morgan fingerprint density at radius 2 is 1.97 bits per heavy atom. The van der Waals surface area contributed by atoms with Gasteiger partial charge in [0, 0.05) is 17.8 Å². The summed E-state index contributed by atoms with van der Waals surface area (Å²) in [4.78, 5) is 42.2. The Morgan fingerprint density at radius 1 is 1.27 bits per heavy atom. The predicted molar refractivity (Wildman–Crippen MR) is 118 cm³/mol. The van der Waals surface area contributed by atoms with Crippen LogP contribution in [0.2, 0.25) is 0 Å². The number of hydrogen-bond donors (Lipinski definition) is 2. The van der Waals surface area contributed by atoms with E-state index in [2.05, 4.69) is 16.9 Å². The highest BCUT2D eigenvalue weighted by atomic mass is 35.5. The minimum absolute atomic E-state index is 0.140. The molecule has 0 bridgehead atoms. The van der Waals surface area contributed by atoms with Crippen molar-refractivity contribution >= 4 is 35.0 Å². The molecule has 0 aromatic carbocycles. The molecule has 0 unspecified atom stereocenters. The first kappa shape index (κ1) is 23.3. The molecule has 2 heterocycles. The second-order valence-corrected chi connectivity index (χ2v) is 8.13. The highest BCUT2D eigenvalue weighted by molar-refractivity contribution is 6.39. The normalized spacial score (nSPS) is 19.9. The van der Waals surface area contributed by atoms with E-state index < -0.39 is 17.7 Å². The molecule has 1 aromatic rings. The van der Waals surface area contributed by atoms with E-state index >= 15 is 0 Å². The molecule has 7 nitrogen and oxygen atoms in total. The van der Waals surface area contributed by atoms with Gasteiger partial charge in [0.05, 0.1) is 23.5 Å². The molecule has 160 valence electrons. The predicted octanol–water partition coefficient (Wildman–Crippen LogP) is 3.39. The number of anilines is 1. The number of carbonyl (C=O) groups excluding carboxylic acids is 3. The van der Waals surface area contributed by atoms with Gasteiger partial charge in [-0.2, -0.15) is 0 Å². The molecule has 1 saturated heterocycles. The van der Waals surface area contributed by atoms with E-state index in [-0.39, 0.29) is 23.2 Å². The second kappa shape index (κ2) is 10.2. The number of amides is 3. The first-order valence-electron chi connectivity index (χ1n) is 9.66. The van der Waals surface area contributed by atoms with Crippen LogP contribution in [0.3, 0.4) is 0 Å². The number of pyridine rings is 1. The van der Waals surface area contributed by atoms with Crippen LogP contribution in [0.15, 0.2) is 53.4 Å². The van der Waals surface area contributed by atoms with Crippen LogP contribution in [0.1, 0.15) is 44.0 Å². The Labute approximate surface area is 181 Å². The molecule has 0 spiro atoms. The van der Waals surface area contributed by atoms with E-state index in [0.717, 1.165) is 17.6 Å². The summed E-state index contributed by atoms with van der Waals surface area (Å²) in [6, 6.07) is 1.09. The molecule has 0 saturated carbocycles. The number of piperidine rings is 1. The number of nitrogens with one attached hydrogen (secondary N) is 1. The third kappa shape index (κ3) is 6.03. The number of allylic oxidation sites excluding steroid dienone is 3. The van der Waals surface area contributed by atoms with Crippen LogP contribution >= 0.6 is 11.6 Å². The van der Waals surface area contributed by atoms with Crippen molar-refractivity contribution in [3.63, 3.8) is 0 Å². The number of likely N-dealkylation sites (tertiary alicyclic amines) is 1. The summed E-state index contributed by atoms with van der Waals surface area (Å²) in [5.74, 6) is -1.87. The van der Waals surface area contributed by atoms with Crippen molar-refractivity contribution in [1.29, 1.82) is 0 Å². The zero-order valence-electron chi connectivity index (χ0n) is 17.4. The lowest BCUT2D eigenvalue weighted by atomic mass is 9.89. The van der Waals surface area contributed by atoms with E-state index in [0.29, 0.717) is 18.0 Å². The SMILES string of the molecule is C=C(/C=C\C(C)=C(/C)Cl)[C@@H]1CC[C@@H](C)CN1C(=O)C(=O)Nc1cncc(C(N)=O)c1. The molecule has 2 rings (SSSR count). The second-order valence-electron chi connectivity index (χ2n) is 7.56. The highest BCUT2D eigenvalue weighted by Gasteiger charge is 2.34. The Morgan fingerprint density at radius 3 is 2.60 bits per heavy atom. The van der Waals surface area contributed by atoms with Crippen LogP contribution in [0, 0.1) is 5.92 Å². The minimum atomic E-state index is -0.804. The number of hydrogen-bond acceptors (Lipinski definition) is 4. The summed E-state index contributed by atoms with van der Waals surface area (Å²) in [6.45, 7) is 10.3. The Hall–Kier alpha value is -2.93. The maximum Gasteiger partial charge on any atom is 0.313 e. The van der Waals surface area contributed by atoms with Gasteiger partial charge in [-0.3, -0.25) is 19.4 Å². The third-order valence-corrected chi connectivity index (χ3v) is 5.37. The van der Waals surface area contributed by atoms with Crippen molar-refractivity contribution in [3.05, 3.63) is 58.9 Å². The largest absolute Gasteiger partial charge is 0.366 e. The first-order chi connectivity index (χ1) is 14.1. The molecule has 0 aliphatic carbocycles. The number of primary amides is 1. The number of aromatic nitrogens is 1. The van der Waals surface area contributed by atoms with Crippen molar-refractivity contribution in [1.82, 2.24) is 9.88 Å². The fraction of sp³-hybridized carbons (Fsp3) is 0.364. The van der Waals surface area contributed by atoms with Crippen LogP contribution in [0.5, 0.6) is 0 Å². The number of halogens is 1. The van der Waals surface area contributed by atoms with E-state index in [1.54, 1.807) is 11.8 Å². The van der Waals surface area contributed by atoms with Gasteiger partial charge in [0.25, 0.3) is 0 Å². The van der Waals surface area contributed by atoms with Crippen molar-refractivity contribution < 1.29 is 14.4 Å². The molecule has 2 atom stereocenters. The number of carbonyl (C=O) groups is 3. The van der Waals surface area contributed by atoms with Crippen LogP contribution in [-0.2, 0) is 9.59 Å². The van der Waals surface area contributed by atoms with Crippen molar-refractivity contribution in [3.8, 4) is 0 Å². The summed E-state index contributed by atoms with van der Waals surface area (Å²) in [5, 5.41) is 3.18. The molecule has 30 heavy (non-hydrogen) atoms. The number of nitrogens with zero attached hydrogens (tertiary/aromatic N) is 2. The third-order valence-electron chi connectivity index (χ3n) is 5.07. The van der Waals surface area contributed by atoms with E-state index in [1.165, 1.54) is 18.5 Å². The maximum atomic E-state index is 12.9. The summed E-state index contributed by atoms with van der Waals surface area (Å²) in [6.07, 6.45) is 7.96. The lowest BCUT2D eigenvalue weighted by Gasteiger charge is -2.38. The lowest BCUT2D eigenvalue weighted by molar-refractivity contribution is -0.145. The van der Waals surface area contributed by atoms with Crippen molar-refractivity contribution in [2.45, 2.75) is 39.7 Å². The molecule has 1 aliphatic rings. The monoisotopic (exact) mass is 430 g/mol. The maximum absolute atomic E-state index is 12.9. The van der Waals surface area contributed by atoms with Gasteiger partial charge in [0.1, 0.15) is 0 Å². The number of nitrogens with two attached hydrogens (primary N) is 1. The molecule has 3 amide bonds. The smallest absolute Gasteiger partial charge is 0.313 e. The summed E-state index contributed by atoms with van der Waals surface area (Å²) >= 11 is 5.99. The van der Waals surface area contributed by atoms with E-state index in [1.807, 2.05) is 26.0 Å². The van der Waals surface area contributed by atoms with E-state index in [9.17, 15) is 14.4 Å². The Kier molecular flexibility index (Phi) is 7.94. The van der Waals surface area contributed by atoms with Gasteiger partial charge in [-0.05, 0) is 49.8 Å². The Balaban J connectivity index is 2.18. The van der Waals surface area contributed by atoms with Crippen LogP contribution in [0.4, 0.5) is 5.69 Å². The molecular formula is C22H27ClN4O3. The fourth-order valence-corrected chi connectivity index (χ4v) is 3.24. The summed E-state index contributed by atoms with van der Waals surface area (Å²) in [5.41, 5.74) is 7.23. The average molecular weight is 431 g/mol. The molecule has 3 N–H and O–H groups in total. The topological polar surface area (TPSA) is 105 Å². The van der Waals surface area contributed by atoms with E-state index in [4.69, 9.17) is 17.3 Å². The lowest BCUT2D eigenvalue weighted by Crippen LogP contribution is -2.50. The molecule has 1 aromatic heterocycles. The molecule has 1 fully saturated rings. The molecule has 0 radical (unpaired) electrons. The number of rotatable bonds is 5. The van der Waals surface area contributed by atoms with Crippen LogP contribution in [0.25, 0.3) is 0 Å². The summed E-state index contributed by atoms with van der Waals surface area (Å²) in [7, 11) is 0. The van der Waals surface area contributed by atoms with Gasteiger partial charge in [0.15, 0.2) is 0 Å². The van der Waals surface area contributed by atoms with Crippen LogP contribution in [-0.4, -0.2) is 40.2 Å². The van der Waals surface area contributed by atoms with Gasteiger partial charge in [0.2, 0.25) is 5.91 Å². The highest BCUT2D eigenvalue weighted by Crippen LogP contribution is 2.27. The summed E-state index contributed by atoms with van der Waals surface area (Å²) < 4.78 is 0. The molecule has 1 aliphatic heterocycles. The standard InChI is InChI=1S/C22H27ClN4O3/c1-13-5-8-19(15(3)7-6-14(2)16(4)23)27(12-13)22(30)21(29)26-18-9-17(20(24)28)10-25-11-18/h6-7,9-11,13,19H,3,5,8,12H2,1-2,4H3,(H2,24,28)(H,26,29)/b7-6-,16-14+/t13-,19+/m1/s1. The van der Waals surface area contributed by atoms with Gasteiger partial charge in [-0.1, -0.05) is 37.3 Å². The first-order valence-corrected chi connectivity index (χ1v) is 10.0. The molecule has 8 heteroatoms. The quantitative estimate of drug-likeness (QED) is 0.551. The van der Waals surface area contributed by atoms with Crippen molar-refractivity contribution in [2.75, 3.05) is 11.9 Å². The zero-order valence-corrected chi connectivity index (χ0v) is 18.2. The van der Waals surface area contributed by atoms with Gasteiger partial charge < -0.3 is 16.0 Å². The average Bonchev–Trinajstić information content (AvgIpc) is 2.71. The van der Waals surface area contributed by atoms with Crippen LogP contribution < -0.4 is 11.1 Å². The fourth-order valence-electron chi connectivity index (χ4n) is 3.18. The molecular weight excluding hydrogens is 404 g/mol. The minimum Gasteiger partial charge on any atom is -0.366 e. The van der Waals surface area contributed by atoms with Gasteiger partial charge >= 0.3 is 11.8 Å². The Bertz CT molecular complexity index is 919. The zero-order chi connectivity index (χ0) is 22.4. The van der Waals surface area contributed by atoms with Gasteiger partial charge in [-0.25, -0.2) is 0 Å². The van der Waals surface area contributed by atoms with Gasteiger partial charge in [-0.15, -0.1) is 0 Å².